The number of aromatic nitrogens is 4. The van der Waals surface area contributed by atoms with Gasteiger partial charge in [0.15, 0.2) is 29.5 Å². The molecule has 3 aliphatic heterocycles. The van der Waals surface area contributed by atoms with Gasteiger partial charge in [-0.2, -0.15) is 0 Å². The minimum atomic E-state index is -0.902. The molecule has 3 saturated heterocycles. The Hall–Kier alpha value is -4.14. The van der Waals surface area contributed by atoms with Gasteiger partial charge < -0.3 is 29.5 Å². The molecule has 14 heteroatoms. The molecule has 3 aliphatic rings. The number of anilines is 1. The molecule has 3 fully saturated rings. The Morgan fingerprint density at radius 2 is 1.88 bits per heavy atom. The summed E-state index contributed by atoms with van der Waals surface area (Å²) in [6, 6.07) is 9.06. The van der Waals surface area contributed by atoms with Gasteiger partial charge in [-0.15, -0.1) is 0 Å². The number of amides is 3. The summed E-state index contributed by atoms with van der Waals surface area (Å²) in [5.74, 6) is -1.43. The Labute approximate surface area is 228 Å². The Morgan fingerprint density at radius 1 is 1.07 bits per heavy atom. The van der Waals surface area contributed by atoms with E-state index >= 15 is 0 Å². The van der Waals surface area contributed by atoms with Gasteiger partial charge in [-0.05, 0) is 13.3 Å². The molecule has 6 atom stereocenters. The monoisotopic (exact) mass is 551 g/mol. The maximum atomic E-state index is 13.2. The Morgan fingerprint density at radius 3 is 2.62 bits per heavy atom. The largest absolute Gasteiger partial charge is 0.481 e. The summed E-state index contributed by atoms with van der Waals surface area (Å²) in [6.45, 7) is 2.81. The summed E-state index contributed by atoms with van der Waals surface area (Å²) in [7, 11) is 0. The number of carboxylic acids is 1. The molecule has 14 nitrogen and oxygen atoms in total. The summed E-state index contributed by atoms with van der Waals surface area (Å²) in [6.07, 6.45) is 0.0374. The van der Waals surface area contributed by atoms with E-state index in [1.165, 1.54) is 12.7 Å². The first-order valence-corrected chi connectivity index (χ1v) is 13.2. The van der Waals surface area contributed by atoms with Crippen molar-refractivity contribution in [3.63, 3.8) is 0 Å². The lowest BCUT2D eigenvalue weighted by molar-refractivity contribution is -0.155. The average molecular weight is 552 g/mol. The second kappa shape index (κ2) is 10.8. The highest BCUT2D eigenvalue weighted by Gasteiger charge is 2.54. The first-order chi connectivity index (χ1) is 19.4. The van der Waals surface area contributed by atoms with Gasteiger partial charge in [0.25, 0.3) is 0 Å². The van der Waals surface area contributed by atoms with E-state index in [9.17, 15) is 19.5 Å². The lowest BCUT2D eigenvalue weighted by atomic mass is 10.1. The Bertz CT molecular complexity index is 1420. The van der Waals surface area contributed by atoms with Crippen LogP contribution in [0.5, 0.6) is 0 Å². The van der Waals surface area contributed by atoms with E-state index in [1.807, 2.05) is 30.3 Å². The van der Waals surface area contributed by atoms with E-state index in [1.54, 1.807) is 16.4 Å². The topological polar surface area (TPSA) is 170 Å². The number of carbonyl (C=O) groups excluding carboxylic acids is 2. The highest BCUT2D eigenvalue weighted by molar-refractivity contribution is 5.95. The number of hydrogen-bond acceptors (Lipinski definition) is 9. The number of aliphatic carboxylic acids is 1. The number of likely N-dealkylation sites (tertiary alicyclic amines) is 1. The fraction of sp³-hybridized carbons (Fsp3) is 0.462. The summed E-state index contributed by atoms with van der Waals surface area (Å²) in [5, 5.41) is 14.7. The quantitative estimate of drug-likeness (QED) is 0.392. The van der Waals surface area contributed by atoms with Crippen LogP contribution in [0, 0.1) is 5.92 Å². The molecule has 4 unspecified atom stereocenters. The molecule has 3 amide bonds. The van der Waals surface area contributed by atoms with E-state index in [4.69, 9.17) is 14.2 Å². The molecular weight excluding hydrogens is 522 g/mol. The van der Waals surface area contributed by atoms with Crippen molar-refractivity contribution >= 4 is 34.9 Å². The van der Waals surface area contributed by atoms with Crippen LogP contribution in [0.1, 0.15) is 37.8 Å². The number of carbonyl (C=O) groups is 3. The van der Waals surface area contributed by atoms with Crippen molar-refractivity contribution in [1.82, 2.24) is 29.7 Å². The van der Waals surface area contributed by atoms with Gasteiger partial charge in [-0.3, -0.25) is 19.5 Å². The van der Waals surface area contributed by atoms with E-state index in [0.29, 0.717) is 30.7 Å². The molecule has 0 bridgehead atoms. The van der Waals surface area contributed by atoms with Crippen molar-refractivity contribution in [2.24, 2.45) is 5.92 Å². The molecule has 0 radical (unpaired) electrons. The van der Waals surface area contributed by atoms with Crippen LogP contribution in [0.15, 0.2) is 43.0 Å². The highest BCUT2D eigenvalue weighted by atomic mass is 16.8. The Balaban J connectivity index is 1.27. The number of nitrogens with zero attached hydrogens (tertiary/aromatic N) is 5. The van der Waals surface area contributed by atoms with Crippen LogP contribution in [-0.2, 0) is 23.8 Å². The van der Waals surface area contributed by atoms with Crippen LogP contribution in [0.25, 0.3) is 11.2 Å². The third kappa shape index (κ3) is 4.85. The van der Waals surface area contributed by atoms with Gasteiger partial charge in [0.2, 0.25) is 5.91 Å². The number of hydrogen-bond donors (Lipinski definition) is 3. The van der Waals surface area contributed by atoms with Gasteiger partial charge in [0.05, 0.1) is 24.8 Å². The fourth-order valence-corrected chi connectivity index (χ4v) is 5.42. The predicted molar refractivity (Wildman–Crippen MR) is 138 cm³/mol. The van der Waals surface area contributed by atoms with Gasteiger partial charge in [-0.25, -0.2) is 19.7 Å². The van der Waals surface area contributed by atoms with Gasteiger partial charge in [0, 0.05) is 25.2 Å². The first-order valence-electron chi connectivity index (χ1n) is 13.2. The summed E-state index contributed by atoms with van der Waals surface area (Å²) < 4.78 is 20.7. The van der Waals surface area contributed by atoms with Crippen molar-refractivity contribution in [2.75, 3.05) is 25.0 Å². The lowest BCUT2D eigenvalue weighted by Gasteiger charge is -2.23. The summed E-state index contributed by atoms with van der Waals surface area (Å²) >= 11 is 0. The molecule has 40 heavy (non-hydrogen) atoms. The normalized spacial score (nSPS) is 27.6. The molecule has 2 aromatic heterocycles. The lowest BCUT2D eigenvalue weighted by Crippen LogP contribution is -2.36. The maximum Gasteiger partial charge on any atom is 0.320 e. The van der Waals surface area contributed by atoms with Gasteiger partial charge in [-0.1, -0.05) is 30.3 Å². The van der Waals surface area contributed by atoms with Crippen molar-refractivity contribution in [1.29, 1.82) is 0 Å². The molecular formula is C26H29N7O7. The van der Waals surface area contributed by atoms with Crippen LogP contribution >= 0.6 is 0 Å². The number of carboxylic acid groups (broad SMARTS) is 1. The van der Waals surface area contributed by atoms with Crippen LogP contribution in [0.3, 0.4) is 0 Å². The fourth-order valence-electron chi connectivity index (χ4n) is 5.42. The van der Waals surface area contributed by atoms with Gasteiger partial charge >= 0.3 is 12.0 Å². The zero-order chi connectivity index (χ0) is 27.8. The van der Waals surface area contributed by atoms with Crippen molar-refractivity contribution in [3.8, 4) is 0 Å². The van der Waals surface area contributed by atoms with Crippen LogP contribution in [-0.4, -0.2) is 85.4 Å². The second-order valence-electron chi connectivity index (χ2n) is 9.91. The highest BCUT2D eigenvalue weighted by Crippen LogP contribution is 2.46. The van der Waals surface area contributed by atoms with Gasteiger partial charge in [0.1, 0.15) is 18.5 Å². The SMILES string of the molecule is CCNC(=O)Nc1ncnc2c1ncn2C1OC(CC(=O)N2CC[C@H](C(=O)O)C2)C2O[C@H](c3ccccc3)OC21. The second-order valence-corrected chi connectivity index (χ2v) is 9.91. The number of urea groups is 1. The third-order valence-corrected chi connectivity index (χ3v) is 7.39. The predicted octanol–water partition coefficient (Wildman–Crippen LogP) is 1.67. The van der Waals surface area contributed by atoms with Crippen LogP contribution in [0.4, 0.5) is 10.6 Å². The molecule has 6 rings (SSSR count). The van der Waals surface area contributed by atoms with E-state index < -0.39 is 48.7 Å². The zero-order valence-electron chi connectivity index (χ0n) is 21.7. The number of benzene rings is 1. The van der Waals surface area contributed by atoms with Crippen LogP contribution < -0.4 is 10.6 Å². The van der Waals surface area contributed by atoms with Crippen LogP contribution in [0.2, 0.25) is 0 Å². The molecule has 210 valence electrons. The number of fused-ring (bicyclic) bond motifs is 2. The molecule has 0 aliphatic carbocycles. The van der Waals surface area contributed by atoms with E-state index in [2.05, 4.69) is 25.6 Å². The standard InChI is InChI=1S/C26H29N7O7/c1-2-27-26(37)31-21-18-22(29-12-28-21)33(13-30-18)23-20-19(39-25(40-20)14-6-4-3-5-7-14)16(38-23)10-17(34)32-9-8-15(11-32)24(35)36/h3-7,12-13,15-16,19-20,23,25H,2,8-11H2,1H3,(H,35,36)(H2,27,28,29,31,37)/t15-,16?,19?,20?,23?,25-/m0/s1. The van der Waals surface area contributed by atoms with E-state index in [0.717, 1.165) is 5.56 Å². The van der Waals surface area contributed by atoms with Crippen molar-refractivity contribution < 1.29 is 33.7 Å². The molecule has 0 saturated carbocycles. The molecule has 3 N–H and O–H groups in total. The number of imidazole rings is 1. The number of nitrogens with one attached hydrogen (secondary N) is 2. The molecule has 3 aromatic rings. The third-order valence-electron chi connectivity index (χ3n) is 7.39. The minimum Gasteiger partial charge on any atom is -0.481 e. The molecule has 0 spiro atoms. The number of rotatable bonds is 7. The minimum absolute atomic E-state index is 0.000480. The average Bonchev–Trinajstić information content (AvgIpc) is 3.73. The molecule has 5 heterocycles. The maximum absolute atomic E-state index is 13.2. The van der Waals surface area contributed by atoms with E-state index in [-0.39, 0.29) is 24.7 Å². The first kappa shape index (κ1) is 26.1. The smallest absolute Gasteiger partial charge is 0.320 e. The summed E-state index contributed by atoms with van der Waals surface area (Å²) in [5.41, 5.74) is 1.60. The number of ether oxygens (including phenoxy) is 3. The zero-order valence-corrected chi connectivity index (χ0v) is 21.7. The van der Waals surface area contributed by atoms with Crippen molar-refractivity contribution in [3.05, 3.63) is 48.5 Å². The van der Waals surface area contributed by atoms with Crippen molar-refractivity contribution in [2.45, 2.75) is 50.6 Å². The Kier molecular flexibility index (Phi) is 7.04. The molecule has 1 aromatic carbocycles. The summed E-state index contributed by atoms with van der Waals surface area (Å²) in [4.78, 5) is 51.2.